The van der Waals surface area contributed by atoms with Gasteiger partial charge in [-0.25, -0.2) is 4.98 Å². The Balaban J connectivity index is 2.21. The maximum Gasteiger partial charge on any atom is 0.110 e. The number of nitrogens with one attached hydrogen (secondary N) is 1. The van der Waals surface area contributed by atoms with Crippen molar-refractivity contribution in [3.63, 3.8) is 0 Å². The van der Waals surface area contributed by atoms with Gasteiger partial charge in [-0.05, 0) is 17.7 Å². The van der Waals surface area contributed by atoms with Crippen LogP contribution in [0.15, 0.2) is 24.4 Å². The van der Waals surface area contributed by atoms with E-state index >= 15 is 0 Å². The monoisotopic (exact) mass is 282 g/mol. The lowest BCUT2D eigenvalue weighted by Crippen LogP contribution is -2.11. The average molecular weight is 283 g/mol. The molecule has 0 amide bonds. The molecular weight excluding hydrogens is 267 g/mol. The second-order valence-electron chi connectivity index (χ2n) is 5.41. The Kier molecular flexibility index (Phi) is 3.69. The normalized spacial score (nSPS) is 11.8. The number of nitrogens with zero attached hydrogens (tertiary/aromatic N) is 1. The number of rotatable bonds is 2. The first-order chi connectivity index (χ1) is 8.36. The van der Waals surface area contributed by atoms with Crippen molar-refractivity contribution in [2.45, 2.75) is 32.6 Å². The van der Waals surface area contributed by atoms with E-state index in [2.05, 4.69) is 30.7 Å². The van der Waals surface area contributed by atoms with Gasteiger partial charge < -0.3 is 4.98 Å². The van der Waals surface area contributed by atoms with Gasteiger partial charge in [0.25, 0.3) is 0 Å². The highest BCUT2D eigenvalue weighted by Crippen LogP contribution is 2.24. The van der Waals surface area contributed by atoms with E-state index in [1.54, 1.807) is 6.07 Å². The molecule has 0 saturated heterocycles. The van der Waals surface area contributed by atoms with E-state index in [0.29, 0.717) is 16.5 Å². The van der Waals surface area contributed by atoms with Crippen LogP contribution >= 0.6 is 23.2 Å². The number of halogens is 2. The molecular formula is C14H16Cl2N2. The third kappa shape index (κ3) is 3.06. The Morgan fingerprint density at radius 1 is 1.22 bits per heavy atom. The van der Waals surface area contributed by atoms with Crippen LogP contribution in [0.2, 0.25) is 10.0 Å². The highest BCUT2D eigenvalue weighted by atomic mass is 35.5. The molecule has 1 heterocycles. The molecule has 1 N–H and O–H groups in total. The smallest absolute Gasteiger partial charge is 0.110 e. The molecule has 0 aliphatic heterocycles. The predicted molar refractivity (Wildman–Crippen MR) is 76.6 cm³/mol. The molecule has 0 saturated carbocycles. The third-order valence-corrected chi connectivity index (χ3v) is 3.40. The van der Waals surface area contributed by atoms with Crippen LogP contribution in [0.5, 0.6) is 0 Å². The summed E-state index contributed by atoms with van der Waals surface area (Å²) in [6.07, 6.45) is 2.57. The van der Waals surface area contributed by atoms with E-state index in [1.807, 2.05) is 18.3 Å². The van der Waals surface area contributed by atoms with Crippen LogP contribution in [0.4, 0.5) is 0 Å². The van der Waals surface area contributed by atoms with Crippen LogP contribution in [0.1, 0.15) is 37.9 Å². The number of aromatic nitrogens is 2. The van der Waals surface area contributed by atoms with Crippen LogP contribution in [0.25, 0.3) is 0 Å². The number of imidazole rings is 1. The second kappa shape index (κ2) is 4.94. The van der Waals surface area contributed by atoms with Crippen molar-refractivity contribution in [1.29, 1.82) is 0 Å². The van der Waals surface area contributed by atoms with Gasteiger partial charge in [-0.1, -0.05) is 50.0 Å². The summed E-state index contributed by atoms with van der Waals surface area (Å²) in [5.74, 6) is 0.921. The molecule has 0 aliphatic rings. The Morgan fingerprint density at radius 3 is 2.50 bits per heavy atom. The molecule has 0 radical (unpaired) electrons. The SMILES string of the molecule is CC(C)(C)c1cnc(Cc2ccc(Cl)cc2Cl)[nH]1. The summed E-state index contributed by atoms with van der Waals surface area (Å²) >= 11 is 12.0. The fourth-order valence-electron chi connectivity index (χ4n) is 1.68. The molecule has 1 aromatic heterocycles. The molecule has 1 aromatic carbocycles. The van der Waals surface area contributed by atoms with E-state index in [9.17, 15) is 0 Å². The van der Waals surface area contributed by atoms with Crippen molar-refractivity contribution >= 4 is 23.2 Å². The molecule has 4 heteroatoms. The average Bonchev–Trinajstić information content (AvgIpc) is 2.70. The zero-order chi connectivity index (χ0) is 13.3. The van der Waals surface area contributed by atoms with Gasteiger partial charge in [-0.15, -0.1) is 0 Å². The van der Waals surface area contributed by atoms with Crippen LogP contribution in [-0.2, 0) is 11.8 Å². The second-order valence-corrected chi connectivity index (χ2v) is 6.25. The summed E-state index contributed by atoms with van der Waals surface area (Å²) in [7, 11) is 0. The van der Waals surface area contributed by atoms with Gasteiger partial charge in [0.05, 0.1) is 0 Å². The molecule has 96 valence electrons. The largest absolute Gasteiger partial charge is 0.345 e. The minimum atomic E-state index is 0.0784. The molecule has 0 aliphatic carbocycles. The Morgan fingerprint density at radius 2 is 1.94 bits per heavy atom. The number of benzene rings is 1. The van der Waals surface area contributed by atoms with Crippen molar-refractivity contribution < 1.29 is 0 Å². The molecule has 0 bridgehead atoms. The van der Waals surface area contributed by atoms with Gasteiger partial charge in [-0.2, -0.15) is 0 Å². The molecule has 2 aromatic rings. The molecule has 2 nitrogen and oxygen atoms in total. The molecule has 0 unspecified atom stereocenters. The zero-order valence-corrected chi connectivity index (χ0v) is 12.2. The van der Waals surface area contributed by atoms with Gasteiger partial charge in [0.2, 0.25) is 0 Å². The summed E-state index contributed by atoms with van der Waals surface area (Å²) < 4.78 is 0. The van der Waals surface area contributed by atoms with Crippen LogP contribution < -0.4 is 0 Å². The Hall–Kier alpha value is -0.990. The summed E-state index contributed by atoms with van der Waals surface area (Å²) in [6.45, 7) is 6.46. The highest BCUT2D eigenvalue weighted by molar-refractivity contribution is 6.35. The highest BCUT2D eigenvalue weighted by Gasteiger charge is 2.16. The fourth-order valence-corrected chi connectivity index (χ4v) is 2.15. The third-order valence-electron chi connectivity index (χ3n) is 2.81. The minimum absolute atomic E-state index is 0.0784. The van der Waals surface area contributed by atoms with E-state index in [4.69, 9.17) is 23.2 Å². The van der Waals surface area contributed by atoms with Crippen LogP contribution in [0, 0.1) is 0 Å². The van der Waals surface area contributed by atoms with E-state index < -0.39 is 0 Å². The first kappa shape index (κ1) is 13.4. The zero-order valence-electron chi connectivity index (χ0n) is 10.7. The maximum atomic E-state index is 6.15. The summed E-state index contributed by atoms with van der Waals surface area (Å²) in [6, 6.07) is 5.53. The number of hydrogen-bond donors (Lipinski definition) is 1. The van der Waals surface area contributed by atoms with E-state index in [-0.39, 0.29) is 5.41 Å². The Labute approximate surface area is 117 Å². The maximum absolute atomic E-state index is 6.15. The molecule has 0 atom stereocenters. The standard InChI is InChI=1S/C14H16Cl2N2/c1-14(2,3)12-8-17-13(18-12)6-9-4-5-10(15)7-11(9)16/h4-5,7-8H,6H2,1-3H3,(H,17,18). The van der Waals surface area contributed by atoms with Gasteiger partial charge >= 0.3 is 0 Å². The topological polar surface area (TPSA) is 28.7 Å². The molecule has 18 heavy (non-hydrogen) atoms. The summed E-state index contributed by atoms with van der Waals surface area (Å²) in [5, 5.41) is 1.33. The summed E-state index contributed by atoms with van der Waals surface area (Å²) in [4.78, 5) is 7.73. The fraction of sp³-hybridized carbons (Fsp3) is 0.357. The first-order valence-corrected chi connectivity index (χ1v) is 6.60. The molecule has 0 spiro atoms. The van der Waals surface area contributed by atoms with Gasteiger partial charge in [0.15, 0.2) is 0 Å². The van der Waals surface area contributed by atoms with Crippen molar-refractivity contribution in [3.8, 4) is 0 Å². The quantitative estimate of drug-likeness (QED) is 0.857. The first-order valence-electron chi connectivity index (χ1n) is 5.84. The van der Waals surface area contributed by atoms with Gasteiger partial charge in [0, 0.05) is 33.8 Å². The van der Waals surface area contributed by atoms with E-state index in [1.165, 1.54) is 0 Å². The summed E-state index contributed by atoms with van der Waals surface area (Å²) in [5.41, 5.74) is 2.23. The van der Waals surface area contributed by atoms with Crippen molar-refractivity contribution in [2.75, 3.05) is 0 Å². The lowest BCUT2D eigenvalue weighted by Gasteiger charge is -2.15. The number of hydrogen-bond acceptors (Lipinski definition) is 1. The van der Waals surface area contributed by atoms with Crippen LogP contribution in [0.3, 0.4) is 0 Å². The van der Waals surface area contributed by atoms with E-state index in [0.717, 1.165) is 17.1 Å². The van der Waals surface area contributed by atoms with Crippen molar-refractivity contribution in [1.82, 2.24) is 9.97 Å². The van der Waals surface area contributed by atoms with Crippen molar-refractivity contribution in [3.05, 3.63) is 51.5 Å². The van der Waals surface area contributed by atoms with Gasteiger partial charge in [-0.3, -0.25) is 0 Å². The Bertz CT molecular complexity index is 553. The van der Waals surface area contributed by atoms with Gasteiger partial charge in [0.1, 0.15) is 5.82 Å². The van der Waals surface area contributed by atoms with Crippen LogP contribution in [-0.4, -0.2) is 9.97 Å². The molecule has 0 fully saturated rings. The number of aromatic amines is 1. The van der Waals surface area contributed by atoms with Crippen molar-refractivity contribution in [2.24, 2.45) is 0 Å². The number of H-pyrrole nitrogens is 1. The molecule has 2 rings (SSSR count). The lowest BCUT2D eigenvalue weighted by molar-refractivity contribution is 0.571. The predicted octanol–water partition coefficient (Wildman–Crippen LogP) is 4.60. The minimum Gasteiger partial charge on any atom is -0.345 e. The lowest BCUT2D eigenvalue weighted by atomic mass is 9.93.